The van der Waals surface area contributed by atoms with Crippen molar-refractivity contribution >= 4 is 0 Å². The van der Waals surface area contributed by atoms with E-state index in [1.54, 1.807) is 0 Å². The minimum absolute atomic E-state index is 0.412. The van der Waals surface area contributed by atoms with Crippen molar-refractivity contribution in [2.24, 2.45) is 0 Å². The van der Waals surface area contributed by atoms with Crippen molar-refractivity contribution in [3.05, 3.63) is 12.9 Å². The SMILES string of the molecule is [CH2-]N1CCCC(c2nn[nH]n2)C1. The molecule has 1 aliphatic rings. The van der Waals surface area contributed by atoms with Gasteiger partial charge in [-0.3, -0.25) is 7.05 Å². The Morgan fingerprint density at radius 2 is 2.50 bits per heavy atom. The summed E-state index contributed by atoms with van der Waals surface area (Å²) in [5.74, 6) is 1.23. The number of nitrogens with zero attached hydrogens (tertiary/aromatic N) is 4. The van der Waals surface area contributed by atoms with Gasteiger partial charge in [-0.2, -0.15) is 5.21 Å². The van der Waals surface area contributed by atoms with Gasteiger partial charge in [0.25, 0.3) is 0 Å². The summed E-state index contributed by atoms with van der Waals surface area (Å²) in [6.45, 7) is 2.02. The number of aromatic nitrogens is 4. The van der Waals surface area contributed by atoms with E-state index in [2.05, 4.69) is 32.6 Å². The Balaban J connectivity index is 2.04. The zero-order chi connectivity index (χ0) is 8.39. The molecule has 66 valence electrons. The van der Waals surface area contributed by atoms with Crippen molar-refractivity contribution in [3.8, 4) is 0 Å². The lowest BCUT2D eigenvalue weighted by atomic mass is 9.98. The highest BCUT2D eigenvalue weighted by atomic mass is 15.5. The fraction of sp³-hybridized carbons (Fsp3) is 0.714. The van der Waals surface area contributed by atoms with E-state index in [-0.39, 0.29) is 0 Å². The van der Waals surface area contributed by atoms with Crippen LogP contribution in [-0.2, 0) is 0 Å². The van der Waals surface area contributed by atoms with E-state index >= 15 is 0 Å². The van der Waals surface area contributed by atoms with Crippen molar-refractivity contribution in [1.82, 2.24) is 25.5 Å². The highest BCUT2D eigenvalue weighted by Gasteiger charge is 2.19. The number of tetrazole rings is 1. The lowest BCUT2D eigenvalue weighted by Gasteiger charge is -2.33. The molecule has 12 heavy (non-hydrogen) atoms. The normalized spacial score (nSPS) is 25.9. The fourth-order valence-corrected chi connectivity index (χ4v) is 1.61. The van der Waals surface area contributed by atoms with Crippen molar-refractivity contribution in [3.63, 3.8) is 0 Å². The number of H-pyrrole nitrogens is 1. The van der Waals surface area contributed by atoms with E-state index in [9.17, 15) is 0 Å². The second kappa shape index (κ2) is 3.18. The summed E-state index contributed by atoms with van der Waals surface area (Å²) in [6.07, 6.45) is 2.31. The maximum Gasteiger partial charge on any atom is 0.178 e. The Morgan fingerprint density at radius 1 is 1.58 bits per heavy atom. The standard InChI is InChI=1S/C7H12N5/c1-12-4-2-3-6(5-12)7-8-10-11-9-7/h6H,1-5H2,(H,8,9,10,11)/q-1. The molecule has 5 heteroatoms. The molecule has 1 saturated heterocycles. The molecule has 1 atom stereocenters. The van der Waals surface area contributed by atoms with Crippen LogP contribution in [0.25, 0.3) is 0 Å². The summed E-state index contributed by atoms with van der Waals surface area (Å²) in [6, 6.07) is 0. The zero-order valence-electron chi connectivity index (χ0n) is 6.90. The van der Waals surface area contributed by atoms with Gasteiger partial charge < -0.3 is 4.90 Å². The van der Waals surface area contributed by atoms with E-state index < -0.39 is 0 Å². The van der Waals surface area contributed by atoms with Crippen LogP contribution in [0.5, 0.6) is 0 Å². The van der Waals surface area contributed by atoms with Crippen LogP contribution in [0.3, 0.4) is 0 Å². The van der Waals surface area contributed by atoms with Gasteiger partial charge in [-0.1, -0.05) is 5.21 Å². The summed E-state index contributed by atoms with van der Waals surface area (Å²) < 4.78 is 0. The molecule has 2 rings (SSSR count). The van der Waals surface area contributed by atoms with Crippen LogP contribution >= 0.6 is 0 Å². The van der Waals surface area contributed by atoms with Crippen LogP contribution < -0.4 is 0 Å². The topological polar surface area (TPSA) is 57.7 Å². The molecule has 5 nitrogen and oxygen atoms in total. The molecule has 1 fully saturated rings. The number of rotatable bonds is 1. The maximum atomic E-state index is 3.97. The van der Waals surface area contributed by atoms with Crippen molar-refractivity contribution in [2.75, 3.05) is 13.1 Å². The molecule has 1 aromatic rings. The van der Waals surface area contributed by atoms with Crippen molar-refractivity contribution in [2.45, 2.75) is 18.8 Å². The maximum absolute atomic E-state index is 3.97. The van der Waals surface area contributed by atoms with E-state index in [0.717, 1.165) is 25.3 Å². The molecule has 2 heterocycles. The quantitative estimate of drug-likeness (QED) is 0.604. The lowest BCUT2D eigenvalue weighted by molar-refractivity contribution is 0.270. The molecule has 0 spiro atoms. The average Bonchev–Trinajstić information content (AvgIpc) is 2.56. The molecule has 0 amide bonds. The van der Waals surface area contributed by atoms with Gasteiger partial charge in [-0.15, -0.1) is 10.2 Å². The molecule has 1 N–H and O–H groups in total. The summed E-state index contributed by atoms with van der Waals surface area (Å²) >= 11 is 0. The number of likely N-dealkylation sites (tertiary alicyclic amines) is 1. The Bertz CT molecular complexity index is 232. The largest absolute Gasteiger partial charge is 0.459 e. The zero-order valence-corrected chi connectivity index (χ0v) is 6.90. The second-order valence-electron chi connectivity index (χ2n) is 3.19. The van der Waals surface area contributed by atoms with E-state index in [4.69, 9.17) is 0 Å². The molecule has 0 saturated carbocycles. The Kier molecular flexibility index (Phi) is 2.03. The van der Waals surface area contributed by atoms with Gasteiger partial charge in [0.15, 0.2) is 5.82 Å². The Hall–Kier alpha value is -0.970. The summed E-state index contributed by atoms with van der Waals surface area (Å²) in [4.78, 5) is 2.06. The third kappa shape index (κ3) is 1.45. The predicted molar refractivity (Wildman–Crippen MR) is 43.1 cm³/mol. The first-order valence-electron chi connectivity index (χ1n) is 4.15. The van der Waals surface area contributed by atoms with Crippen molar-refractivity contribution < 1.29 is 0 Å². The first kappa shape index (κ1) is 7.67. The van der Waals surface area contributed by atoms with Crippen LogP contribution in [0, 0.1) is 7.05 Å². The molecular weight excluding hydrogens is 154 g/mol. The third-order valence-corrected chi connectivity index (χ3v) is 2.23. The highest BCUT2D eigenvalue weighted by molar-refractivity contribution is 4.94. The van der Waals surface area contributed by atoms with Gasteiger partial charge in [0.1, 0.15) is 0 Å². The summed E-state index contributed by atoms with van der Waals surface area (Å²) in [5.41, 5.74) is 0. The highest BCUT2D eigenvalue weighted by Crippen LogP contribution is 2.22. The van der Waals surface area contributed by atoms with Crippen LogP contribution in [0.1, 0.15) is 24.6 Å². The summed E-state index contributed by atoms with van der Waals surface area (Å²) in [7, 11) is 3.90. The van der Waals surface area contributed by atoms with E-state index in [1.807, 2.05) is 0 Å². The van der Waals surface area contributed by atoms with Crippen LogP contribution in [0.4, 0.5) is 0 Å². The number of hydrogen-bond donors (Lipinski definition) is 1. The molecule has 0 aliphatic carbocycles. The van der Waals surface area contributed by atoms with Gasteiger partial charge in [0.05, 0.1) is 0 Å². The fourth-order valence-electron chi connectivity index (χ4n) is 1.61. The number of nitrogens with one attached hydrogen (secondary N) is 1. The smallest absolute Gasteiger partial charge is 0.178 e. The first-order chi connectivity index (χ1) is 5.86. The molecular formula is C7H12N5-. The summed E-state index contributed by atoms with van der Waals surface area (Å²) in [5, 5.41) is 14.0. The minimum Gasteiger partial charge on any atom is -0.459 e. The predicted octanol–water partition coefficient (Wildman–Crippen LogP) is 0.171. The lowest BCUT2D eigenvalue weighted by Crippen LogP contribution is -2.29. The third-order valence-electron chi connectivity index (χ3n) is 2.23. The van der Waals surface area contributed by atoms with E-state index in [1.165, 1.54) is 6.42 Å². The monoisotopic (exact) mass is 166 g/mol. The van der Waals surface area contributed by atoms with Gasteiger partial charge >= 0.3 is 0 Å². The van der Waals surface area contributed by atoms with Gasteiger partial charge in [-0.25, -0.2) is 0 Å². The van der Waals surface area contributed by atoms with Gasteiger partial charge in [0.2, 0.25) is 0 Å². The Morgan fingerprint density at radius 3 is 3.17 bits per heavy atom. The minimum atomic E-state index is 0.412. The van der Waals surface area contributed by atoms with Crippen LogP contribution in [0.15, 0.2) is 0 Å². The van der Waals surface area contributed by atoms with E-state index in [0.29, 0.717) is 5.92 Å². The molecule has 1 aromatic heterocycles. The molecule has 1 unspecified atom stereocenters. The molecule has 0 bridgehead atoms. The average molecular weight is 166 g/mol. The first-order valence-corrected chi connectivity index (χ1v) is 4.15. The number of piperidine rings is 1. The Labute approximate surface area is 71.1 Å². The second-order valence-corrected chi connectivity index (χ2v) is 3.19. The van der Waals surface area contributed by atoms with Crippen LogP contribution in [0.2, 0.25) is 0 Å². The van der Waals surface area contributed by atoms with Crippen LogP contribution in [-0.4, -0.2) is 38.6 Å². The van der Waals surface area contributed by atoms with Gasteiger partial charge in [0, 0.05) is 5.92 Å². The number of aromatic amines is 1. The molecule has 0 radical (unpaired) electrons. The van der Waals surface area contributed by atoms with Crippen molar-refractivity contribution in [1.29, 1.82) is 0 Å². The van der Waals surface area contributed by atoms with Gasteiger partial charge in [-0.05, 0) is 25.9 Å². The molecule has 1 aliphatic heterocycles. The molecule has 0 aromatic carbocycles. The number of hydrogen-bond acceptors (Lipinski definition) is 4.